The van der Waals surface area contributed by atoms with Gasteiger partial charge in [-0.3, -0.25) is 4.90 Å². The van der Waals surface area contributed by atoms with Crippen LogP contribution in [0.3, 0.4) is 0 Å². The van der Waals surface area contributed by atoms with E-state index in [2.05, 4.69) is 17.0 Å². The summed E-state index contributed by atoms with van der Waals surface area (Å²) in [4.78, 5) is 14.6. The number of esters is 1. The molecule has 3 aromatic rings. The number of nitrogens with zero attached hydrogens (tertiary/aromatic N) is 1. The predicted molar refractivity (Wildman–Crippen MR) is 109 cm³/mol. The highest BCUT2D eigenvalue weighted by Crippen LogP contribution is 2.29. The third-order valence-electron chi connectivity index (χ3n) is 4.42. The lowest BCUT2D eigenvalue weighted by Gasteiger charge is -2.21. The van der Waals surface area contributed by atoms with Crippen molar-refractivity contribution in [1.29, 1.82) is 0 Å². The largest absolute Gasteiger partial charge is 0.465 e. The van der Waals surface area contributed by atoms with Crippen molar-refractivity contribution in [2.24, 2.45) is 0 Å². The Morgan fingerprint density at radius 1 is 1.11 bits per heavy atom. The number of aliphatic hydroxyl groups is 1. The average molecular weight is 381 g/mol. The third-order valence-corrected chi connectivity index (χ3v) is 5.32. The quantitative estimate of drug-likeness (QED) is 0.618. The normalized spacial score (nSPS) is 12.1. The van der Waals surface area contributed by atoms with Gasteiger partial charge in [0.25, 0.3) is 0 Å². The minimum Gasteiger partial charge on any atom is -0.465 e. The molecule has 2 aromatic carbocycles. The second-order valence-corrected chi connectivity index (χ2v) is 7.39. The van der Waals surface area contributed by atoms with Crippen LogP contribution in [0.1, 0.15) is 26.9 Å². The lowest BCUT2D eigenvalue weighted by atomic mass is 10.0. The second kappa shape index (κ2) is 8.95. The predicted octanol–water partition coefficient (Wildman–Crippen LogP) is 4.37. The molecule has 0 saturated carbocycles. The molecule has 3 rings (SSSR count). The molecule has 0 bridgehead atoms. The van der Waals surface area contributed by atoms with E-state index in [1.54, 1.807) is 0 Å². The van der Waals surface area contributed by atoms with Crippen LogP contribution in [0, 0.1) is 0 Å². The molecule has 0 radical (unpaired) electrons. The molecule has 0 aliphatic carbocycles. The van der Waals surface area contributed by atoms with Gasteiger partial charge in [0.05, 0.1) is 13.2 Å². The van der Waals surface area contributed by atoms with Crippen LogP contribution in [0.2, 0.25) is 0 Å². The van der Waals surface area contributed by atoms with Crippen LogP contribution < -0.4 is 0 Å². The number of hydrogen-bond donors (Lipinski definition) is 1. The monoisotopic (exact) mass is 381 g/mol. The van der Waals surface area contributed by atoms with Gasteiger partial charge < -0.3 is 9.84 Å². The van der Waals surface area contributed by atoms with Crippen molar-refractivity contribution in [2.75, 3.05) is 20.7 Å². The summed E-state index contributed by atoms with van der Waals surface area (Å²) >= 11 is 1.39. The zero-order valence-corrected chi connectivity index (χ0v) is 16.3. The summed E-state index contributed by atoms with van der Waals surface area (Å²) in [5.74, 6) is -0.307. The number of carbonyl (C=O) groups excluding carboxylic acids is 1. The van der Waals surface area contributed by atoms with Crippen LogP contribution in [-0.2, 0) is 11.3 Å². The van der Waals surface area contributed by atoms with Crippen LogP contribution in [0.15, 0.2) is 66.0 Å². The van der Waals surface area contributed by atoms with Crippen molar-refractivity contribution >= 4 is 17.3 Å². The van der Waals surface area contributed by atoms with Crippen LogP contribution in [0.25, 0.3) is 11.1 Å². The summed E-state index contributed by atoms with van der Waals surface area (Å²) in [7, 11) is 3.39. The Balaban J connectivity index is 1.64. The number of thiophene rings is 1. The van der Waals surface area contributed by atoms with Crippen LogP contribution in [0.4, 0.5) is 0 Å². The first-order valence-electron chi connectivity index (χ1n) is 8.75. The van der Waals surface area contributed by atoms with Gasteiger partial charge in [0, 0.05) is 18.7 Å². The van der Waals surface area contributed by atoms with E-state index in [0.717, 1.165) is 28.8 Å². The first-order chi connectivity index (χ1) is 13.1. The van der Waals surface area contributed by atoms with Crippen molar-refractivity contribution in [2.45, 2.75) is 12.6 Å². The van der Waals surface area contributed by atoms with Gasteiger partial charge in [-0.2, -0.15) is 0 Å². The van der Waals surface area contributed by atoms with Gasteiger partial charge in [-0.25, -0.2) is 4.79 Å². The molecule has 0 amide bonds. The number of carbonyl (C=O) groups is 1. The second-order valence-electron chi connectivity index (χ2n) is 6.48. The molecule has 27 heavy (non-hydrogen) atoms. The molecular weight excluding hydrogens is 358 g/mol. The summed E-state index contributed by atoms with van der Waals surface area (Å²) in [6, 6.07) is 19.8. The molecule has 0 spiro atoms. The maximum atomic E-state index is 11.9. The minimum atomic E-state index is -0.510. The zero-order chi connectivity index (χ0) is 19.2. The minimum absolute atomic E-state index is 0.307. The molecule has 0 fully saturated rings. The number of hydrogen-bond acceptors (Lipinski definition) is 5. The van der Waals surface area contributed by atoms with Crippen molar-refractivity contribution in [1.82, 2.24) is 4.90 Å². The Morgan fingerprint density at radius 2 is 1.81 bits per heavy atom. The molecular formula is C22H23NO3S. The standard InChI is InChI=1S/C22H23NO3S/c1-23(15-20(24)18-6-4-3-5-7-18)14-16-8-10-17(11-9-16)19-12-13-27-21(19)22(25)26-2/h3-13,20,24H,14-15H2,1-2H3. The molecule has 0 aliphatic heterocycles. The number of ether oxygens (including phenoxy) is 1. The molecule has 5 heteroatoms. The Kier molecular flexibility index (Phi) is 6.40. The molecule has 0 aliphatic rings. The SMILES string of the molecule is COC(=O)c1sccc1-c1ccc(CN(C)CC(O)c2ccccc2)cc1. The van der Waals surface area contributed by atoms with E-state index in [9.17, 15) is 9.90 Å². The highest BCUT2D eigenvalue weighted by Gasteiger charge is 2.15. The number of methoxy groups -OCH3 is 1. The highest BCUT2D eigenvalue weighted by molar-refractivity contribution is 7.12. The van der Waals surface area contributed by atoms with E-state index >= 15 is 0 Å². The fraction of sp³-hybridized carbons (Fsp3) is 0.227. The third kappa shape index (κ3) is 4.83. The smallest absolute Gasteiger partial charge is 0.348 e. The van der Waals surface area contributed by atoms with Crippen LogP contribution in [0.5, 0.6) is 0 Å². The summed E-state index contributed by atoms with van der Waals surface area (Å²) < 4.78 is 4.85. The average Bonchev–Trinajstić information content (AvgIpc) is 3.18. The lowest BCUT2D eigenvalue weighted by molar-refractivity contribution is 0.0607. The van der Waals surface area contributed by atoms with Crippen LogP contribution in [-0.4, -0.2) is 36.7 Å². The molecule has 1 N–H and O–H groups in total. The lowest BCUT2D eigenvalue weighted by Crippen LogP contribution is -2.24. The first-order valence-corrected chi connectivity index (χ1v) is 9.63. The van der Waals surface area contributed by atoms with E-state index in [-0.39, 0.29) is 5.97 Å². The molecule has 1 heterocycles. The molecule has 1 unspecified atom stereocenters. The highest BCUT2D eigenvalue weighted by atomic mass is 32.1. The molecule has 4 nitrogen and oxygen atoms in total. The topological polar surface area (TPSA) is 49.8 Å². The van der Waals surface area contributed by atoms with E-state index in [0.29, 0.717) is 11.4 Å². The Morgan fingerprint density at radius 3 is 2.48 bits per heavy atom. The first kappa shape index (κ1) is 19.3. The number of likely N-dealkylation sites (N-methyl/N-ethyl adjacent to an activating group) is 1. The van der Waals surface area contributed by atoms with Gasteiger partial charge in [-0.05, 0) is 35.2 Å². The fourth-order valence-electron chi connectivity index (χ4n) is 3.03. The summed E-state index contributed by atoms with van der Waals surface area (Å²) in [6.45, 7) is 1.29. The summed E-state index contributed by atoms with van der Waals surface area (Å²) in [5.41, 5.74) is 3.96. The van der Waals surface area contributed by atoms with Gasteiger partial charge in [-0.15, -0.1) is 11.3 Å². The Hall–Kier alpha value is -2.47. The number of rotatable bonds is 7. The van der Waals surface area contributed by atoms with Crippen LogP contribution >= 0.6 is 11.3 Å². The van der Waals surface area contributed by atoms with Crippen molar-refractivity contribution in [3.8, 4) is 11.1 Å². The van der Waals surface area contributed by atoms with Gasteiger partial charge in [0.1, 0.15) is 4.88 Å². The van der Waals surface area contributed by atoms with Crippen molar-refractivity contribution < 1.29 is 14.6 Å². The molecule has 1 aromatic heterocycles. The summed E-state index contributed by atoms with van der Waals surface area (Å²) in [5, 5.41) is 12.3. The Bertz CT molecular complexity index is 874. The zero-order valence-electron chi connectivity index (χ0n) is 15.5. The molecule has 0 saturated heterocycles. The maximum absolute atomic E-state index is 11.9. The van der Waals surface area contributed by atoms with Gasteiger partial charge >= 0.3 is 5.97 Å². The summed E-state index contributed by atoms with van der Waals surface area (Å²) in [6.07, 6.45) is -0.510. The maximum Gasteiger partial charge on any atom is 0.348 e. The molecule has 1 atom stereocenters. The van der Waals surface area contributed by atoms with E-state index in [4.69, 9.17) is 4.74 Å². The van der Waals surface area contributed by atoms with Crippen molar-refractivity contribution in [3.05, 3.63) is 82.0 Å². The molecule has 140 valence electrons. The van der Waals surface area contributed by atoms with Gasteiger partial charge in [0.15, 0.2) is 0 Å². The Labute approximate surface area is 163 Å². The van der Waals surface area contributed by atoms with Crippen molar-refractivity contribution in [3.63, 3.8) is 0 Å². The van der Waals surface area contributed by atoms with Gasteiger partial charge in [-0.1, -0.05) is 54.6 Å². The fourth-order valence-corrected chi connectivity index (χ4v) is 3.86. The van der Waals surface area contributed by atoms with Gasteiger partial charge in [0.2, 0.25) is 0 Å². The number of aliphatic hydroxyl groups excluding tert-OH is 1. The van der Waals surface area contributed by atoms with E-state index < -0.39 is 6.10 Å². The van der Waals surface area contributed by atoms with E-state index in [1.807, 2.05) is 61.0 Å². The van der Waals surface area contributed by atoms with E-state index in [1.165, 1.54) is 18.4 Å². The number of benzene rings is 2.